The lowest BCUT2D eigenvalue weighted by Gasteiger charge is -2.16. The standard InChI is InChI=1S/C19H20NO2.BF4/c1-12-19(2,3)15-9-13(5-7-16(15)20(12)4)14-6-8-17-18(10-14)22-11-21-17;2-1(3,4)5/h5-10H,11H2,1-4H3;/q+1;-1. The minimum atomic E-state index is -6.00. The highest BCUT2D eigenvalue weighted by Crippen LogP contribution is 2.42. The van der Waals surface area contributed by atoms with Gasteiger partial charge in [-0.15, -0.1) is 0 Å². The van der Waals surface area contributed by atoms with Gasteiger partial charge in [0.2, 0.25) is 12.5 Å². The Kier molecular flexibility index (Phi) is 4.70. The van der Waals surface area contributed by atoms with Crippen LogP contribution in [0.2, 0.25) is 0 Å². The van der Waals surface area contributed by atoms with Crippen LogP contribution in [-0.2, 0) is 5.41 Å². The predicted octanol–water partition coefficient (Wildman–Crippen LogP) is 5.41. The van der Waals surface area contributed by atoms with Gasteiger partial charge in [-0.25, -0.2) is 4.58 Å². The molecule has 2 aliphatic rings. The Balaban J connectivity index is 0.000000376. The summed E-state index contributed by atoms with van der Waals surface area (Å²) in [4.78, 5) is 0. The SMILES string of the molecule is CC1=[N+](C)c2ccc(-c3ccc4c(c3)OCO4)cc2C1(C)C.F[B-](F)(F)F. The summed E-state index contributed by atoms with van der Waals surface area (Å²) in [6, 6.07) is 12.8. The molecule has 27 heavy (non-hydrogen) atoms. The largest absolute Gasteiger partial charge is 0.673 e. The van der Waals surface area contributed by atoms with Crippen molar-refractivity contribution < 1.29 is 31.3 Å². The van der Waals surface area contributed by atoms with Gasteiger partial charge in [-0.3, -0.25) is 0 Å². The molecule has 0 radical (unpaired) electrons. The zero-order valence-corrected chi connectivity index (χ0v) is 15.5. The predicted molar refractivity (Wildman–Crippen MR) is 97.7 cm³/mol. The molecule has 2 aliphatic heterocycles. The van der Waals surface area contributed by atoms with Crippen molar-refractivity contribution in [3.8, 4) is 22.6 Å². The van der Waals surface area contributed by atoms with Gasteiger partial charge in [-0.05, 0) is 49.2 Å². The Hall–Kier alpha value is -2.51. The Morgan fingerprint density at radius 2 is 1.48 bits per heavy atom. The Bertz CT molecular complexity index is 916. The summed E-state index contributed by atoms with van der Waals surface area (Å²) in [5.74, 6) is 1.66. The first-order chi connectivity index (χ1) is 12.5. The van der Waals surface area contributed by atoms with Crippen molar-refractivity contribution in [2.45, 2.75) is 26.2 Å². The highest BCUT2D eigenvalue weighted by molar-refractivity contribution is 6.50. The van der Waals surface area contributed by atoms with Crippen molar-refractivity contribution in [2.24, 2.45) is 0 Å². The van der Waals surface area contributed by atoms with E-state index in [1.165, 1.54) is 22.5 Å². The summed E-state index contributed by atoms with van der Waals surface area (Å²) in [6.45, 7) is 7.09. The number of hydrogen-bond acceptors (Lipinski definition) is 2. The van der Waals surface area contributed by atoms with Crippen molar-refractivity contribution in [1.82, 2.24) is 0 Å². The van der Waals surface area contributed by atoms with Gasteiger partial charge in [-0.1, -0.05) is 6.07 Å². The van der Waals surface area contributed by atoms with E-state index in [1.807, 2.05) is 6.07 Å². The van der Waals surface area contributed by atoms with Crippen LogP contribution >= 0.6 is 0 Å². The lowest BCUT2D eigenvalue weighted by molar-refractivity contribution is -0.403. The van der Waals surface area contributed by atoms with Crippen molar-refractivity contribution in [3.05, 3.63) is 42.0 Å². The van der Waals surface area contributed by atoms with Gasteiger partial charge < -0.3 is 26.7 Å². The molecule has 2 aromatic carbocycles. The number of nitrogens with zero attached hydrogens (tertiary/aromatic N) is 1. The van der Waals surface area contributed by atoms with E-state index < -0.39 is 7.25 Å². The maximum atomic E-state index is 9.75. The van der Waals surface area contributed by atoms with E-state index in [0.717, 1.165) is 17.1 Å². The average molecular weight is 381 g/mol. The zero-order chi connectivity index (χ0) is 20.0. The molecule has 0 saturated heterocycles. The minimum absolute atomic E-state index is 0.0659. The number of ether oxygens (including phenoxy) is 2. The molecule has 0 bridgehead atoms. The highest BCUT2D eigenvalue weighted by Gasteiger charge is 2.41. The van der Waals surface area contributed by atoms with Crippen LogP contribution in [0.5, 0.6) is 11.5 Å². The maximum absolute atomic E-state index is 9.75. The summed E-state index contributed by atoms with van der Waals surface area (Å²) >= 11 is 0. The van der Waals surface area contributed by atoms with Crippen LogP contribution < -0.4 is 9.47 Å². The van der Waals surface area contributed by atoms with Gasteiger partial charge in [0.25, 0.3) is 0 Å². The third kappa shape index (κ3) is 3.79. The van der Waals surface area contributed by atoms with Crippen LogP contribution in [0.3, 0.4) is 0 Å². The van der Waals surface area contributed by atoms with Crippen molar-refractivity contribution in [1.29, 1.82) is 0 Å². The van der Waals surface area contributed by atoms with Crippen LogP contribution in [0.25, 0.3) is 11.1 Å². The second-order valence-electron chi connectivity index (χ2n) is 7.06. The molecule has 0 fully saturated rings. The minimum Gasteiger partial charge on any atom is -0.454 e. The Labute approximate surface area is 155 Å². The topological polar surface area (TPSA) is 21.5 Å². The van der Waals surface area contributed by atoms with Crippen LogP contribution in [0.15, 0.2) is 36.4 Å². The molecule has 144 valence electrons. The summed E-state index contributed by atoms with van der Waals surface area (Å²) in [5.41, 5.74) is 6.50. The molecule has 0 unspecified atom stereocenters. The first kappa shape index (κ1) is 19.3. The van der Waals surface area contributed by atoms with E-state index in [4.69, 9.17) is 9.47 Å². The second-order valence-corrected chi connectivity index (χ2v) is 7.06. The lowest BCUT2D eigenvalue weighted by Crippen LogP contribution is -2.25. The first-order valence-electron chi connectivity index (χ1n) is 8.48. The summed E-state index contributed by atoms with van der Waals surface area (Å²) in [5, 5.41) is 0. The monoisotopic (exact) mass is 381 g/mol. The summed E-state index contributed by atoms with van der Waals surface area (Å²) in [7, 11) is -3.86. The molecule has 3 nitrogen and oxygen atoms in total. The number of benzene rings is 2. The Morgan fingerprint density at radius 1 is 0.926 bits per heavy atom. The van der Waals surface area contributed by atoms with Gasteiger partial charge in [0, 0.05) is 18.6 Å². The molecule has 0 aromatic heterocycles. The van der Waals surface area contributed by atoms with E-state index in [0.29, 0.717) is 6.79 Å². The molecular formula is C19H20BF4NO2. The van der Waals surface area contributed by atoms with E-state index in [-0.39, 0.29) is 5.41 Å². The van der Waals surface area contributed by atoms with Crippen LogP contribution in [0.1, 0.15) is 26.3 Å². The third-order valence-corrected chi connectivity index (χ3v) is 5.14. The zero-order valence-electron chi connectivity index (χ0n) is 15.5. The third-order valence-electron chi connectivity index (χ3n) is 5.14. The Morgan fingerprint density at radius 3 is 2.15 bits per heavy atom. The van der Waals surface area contributed by atoms with Gasteiger partial charge in [0.1, 0.15) is 7.05 Å². The number of fused-ring (bicyclic) bond motifs is 2. The fraction of sp³-hybridized carbons (Fsp3) is 0.316. The maximum Gasteiger partial charge on any atom is 0.673 e. The quantitative estimate of drug-likeness (QED) is 0.374. The molecule has 4 rings (SSSR count). The number of hydrogen-bond donors (Lipinski definition) is 0. The molecule has 0 N–H and O–H groups in total. The lowest BCUT2D eigenvalue weighted by atomic mass is 9.81. The van der Waals surface area contributed by atoms with Crippen molar-refractivity contribution in [3.63, 3.8) is 0 Å². The van der Waals surface area contributed by atoms with Crippen molar-refractivity contribution in [2.75, 3.05) is 13.8 Å². The fourth-order valence-electron chi connectivity index (χ4n) is 3.38. The molecule has 0 saturated carbocycles. The van der Waals surface area contributed by atoms with Gasteiger partial charge >= 0.3 is 7.25 Å². The normalized spacial score (nSPS) is 16.7. The molecule has 0 aliphatic carbocycles. The average Bonchev–Trinajstić information content (AvgIpc) is 3.11. The smallest absolute Gasteiger partial charge is 0.454 e. The second kappa shape index (κ2) is 6.58. The van der Waals surface area contributed by atoms with E-state index in [9.17, 15) is 17.3 Å². The number of halogens is 4. The highest BCUT2D eigenvalue weighted by atomic mass is 19.5. The summed E-state index contributed by atoms with van der Waals surface area (Å²) < 4.78 is 52.2. The molecule has 0 amide bonds. The van der Waals surface area contributed by atoms with E-state index in [2.05, 4.69) is 62.7 Å². The van der Waals surface area contributed by atoms with Crippen molar-refractivity contribution >= 4 is 18.7 Å². The van der Waals surface area contributed by atoms with Crippen LogP contribution in [-0.4, -0.2) is 31.4 Å². The van der Waals surface area contributed by atoms with E-state index in [1.54, 1.807) is 0 Å². The van der Waals surface area contributed by atoms with Gasteiger partial charge in [-0.2, -0.15) is 0 Å². The van der Waals surface area contributed by atoms with Crippen LogP contribution in [0, 0.1) is 0 Å². The van der Waals surface area contributed by atoms with Crippen LogP contribution in [0.4, 0.5) is 23.0 Å². The molecule has 2 aromatic rings. The van der Waals surface area contributed by atoms with Gasteiger partial charge in [0.15, 0.2) is 17.2 Å². The molecule has 0 spiro atoms. The molecular weight excluding hydrogens is 361 g/mol. The molecule has 8 heteroatoms. The molecule has 2 heterocycles. The summed E-state index contributed by atoms with van der Waals surface area (Å²) in [6.07, 6.45) is 0. The first-order valence-corrected chi connectivity index (χ1v) is 8.48. The van der Waals surface area contributed by atoms with E-state index >= 15 is 0 Å². The van der Waals surface area contributed by atoms with Gasteiger partial charge in [0.05, 0.1) is 5.41 Å². The number of rotatable bonds is 1. The fourth-order valence-corrected chi connectivity index (χ4v) is 3.38. The molecule has 0 atom stereocenters.